The van der Waals surface area contributed by atoms with Gasteiger partial charge in [-0.05, 0) is 42.8 Å². The van der Waals surface area contributed by atoms with Crippen molar-refractivity contribution < 1.29 is 9.59 Å². The molecule has 0 aliphatic rings. The van der Waals surface area contributed by atoms with Crippen molar-refractivity contribution in [1.29, 1.82) is 0 Å². The maximum absolute atomic E-state index is 12.4. The number of amides is 2. The van der Waals surface area contributed by atoms with Crippen molar-refractivity contribution in [3.05, 3.63) is 27.5 Å². The fraction of sp³-hybridized carbons (Fsp3) is 0.462. The molecule has 0 saturated carbocycles. The topological polar surface area (TPSA) is 62.3 Å². The Labute approximate surface area is 131 Å². The Hall–Kier alpha value is -1.14. The summed E-state index contributed by atoms with van der Waals surface area (Å²) < 4.78 is 0.660. The number of nitrogens with one attached hydrogen (secondary N) is 1. The number of rotatable bonds is 5. The Morgan fingerprint density at radius 3 is 2.70 bits per heavy atom. The second kappa shape index (κ2) is 7.59. The van der Waals surface area contributed by atoms with Crippen LogP contribution in [-0.2, 0) is 4.79 Å². The van der Waals surface area contributed by atoms with E-state index < -0.39 is 0 Å². The molecule has 5 nitrogen and oxygen atoms in total. The van der Waals surface area contributed by atoms with Crippen LogP contribution in [0.3, 0.4) is 0 Å². The number of nitrogens with zero attached hydrogens (tertiary/aromatic N) is 2. The lowest BCUT2D eigenvalue weighted by Crippen LogP contribution is -2.42. The average Bonchev–Trinajstić information content (AvgIpc) is 2.37. The van der Waals surface area contributed by atoms with Crippen molar-refractivity contribution >= 4 is 39.3 Å². The monoisotopic (exact) mass is 361 g/mol. The van der Waals surface area contributed by atoms with E-state index in [-0.39, 0.29) is 35.1 Å². The molecule has 0 fully saturated rings. The number of pyridine rings is 1. The van der Waals surface area contributed by atoms with Gasteiger partial charge in [0, 0.05) is 23.3 Å². The van der Waals surface area contributed by atoms with Crippen LogP contribution < -0.4 is 5.32 Å². The summed E-state index contributed by atoms with van der Waals surface area (Å²) in [6.07, 6.45) is 1.51. The van der Waals surface area contributed by atoms with Gasteiger partial charge in [-0.1, -0.05) is 11.6 Å². The first-order valence-electron chi connectivity index (χ1n) is 6.24. The summed E-state index contributed by atoms with van der Waals surface area (Å²) in [6, 6.07) is 1.63. The summed E-state index contributed by atoms with van der Waals surface area (Å²) in [5.74, 6) is -0.514. The third-order valence-corrected chi connectivity index (χ3v) is 3.22. The highest BCUT2D eigenvalue weighted by atomic mass is 79.9. The average molecular weight is 363 g/mol. The zero-order valence-electron chi connectivity index (χ0n) is 11.6. The third-order valence-electron chi connectivity index (χ3n) is 2.49. The molecule has 0 radical (unpaired) electrons. The molecule has 0 bridgehead atoms. The first-order valence-corrected chi connectivity index (χ1v) is 7.42. The summed E-state index contributed by atoms with van der Waals surface area (Å²) in [4.78, 5) is 29.5. The summed E-state index contributed by atoms with van der Waals surface area (Å²) in [6.45, 7) is 5.94. The van der Waals surface area contributed by atoms with Gasteiger partial charge < -0.3 is 10.2 Å². The zero-order valence-corrected chi connectivity index (χ0v) is 14.0. The zero-order chi connectivity index (χ0) is 15.3. The maximum atomic E-state index is 12.4. The van der Waals surface area contributed by atoms with Gasteiger partial charge in [-0.15, -0.1) is 0 Å². The van der Waals surface area contributed by atoms with Crippen LogP contribution in [0.4, 0.5) is 0 Å². The van der Waals surface area contributed by atoms with Gasteiger partial charge in [0.15, 0.2) is 0 Å². The van der Waals surface area contributed by atoms with Gasteiger partial charge in [-0.2, -0.15) is 0 Å². The van der Waals surface area contributed by atoms with Gasteiger partial charge in [-0.25, -0.2) is 4.98 Å². The van der Waals surface area contributed by atoms with E-state index in [4.69, 9.17) is 11.6 Å². The minimum absolute atomic E-state index is 0.00362. The van der Waals surface area contributed by atoms with Crippen LogP contribution >= 0.6 is 27.5 Å². The minimum Gasteiger partial charge on any atom is -0.352 e. The fourth-order valence-corrected chi connectivity index (χ4v) is 2.13. The van der Waals surface area contributed by atoms with Gasteiger partial charge in [0.05, 0.1) is 12.1 Å². The largest absolute Gasteiger partial charge is 0.352 e. The Bertz CT molecular complexity index is 508. The van der Waals surface area contributed by atoms with E-state index in [0.29, 0.717) is 11.0 Å². The predicted molar refractivity (Wildman–Crippen MR) is 81.8 cm³/mol. The first kappa shape index (κ1) is 16.9. The molecular formula is C13H17BrClN3O2. The minimum atomic E-state index is -0.315. The van der Waals surface area contributed by atoms with Crippen molar-refractivity contribution in [1.82, 2.24) is 15.2 Å². The molecule has 1 aromatic rings. The summed E-state index contributed by atoms with van der Waals surface area (Å²) in [5.41, 5.74) is 0.278. The predicted octanol–water partition coefficient (Wildman–Crippen LogP) is 2.48. The van der Waals surface area contributed by atoms with Crippen molar-refractivity contribution in [3.8, 4) is 0 Å². The van der Waals surface area contributed by atoms with Crippen LogP contribution in [0.1, 0.15) is 31.1 Å². The molecule has 110 valence electrons. The molecule has 7 heteroatoms. The Morgan fingerprint density at radius 2 is 2.15 bits per heavy atom. The summed E-state index contributed by atoms with van der Waals surface area (Å²) >= 11 is 9.18. The normalized spacial score (nSPS) is 10.5. The summed E-state index contributed by atoms with van der Waals surface area (Å²) in [5, 5.41) is 2.88. The molecule has 0 aliphatic heterocycles. The Balaban J connectivity index is 2.86. The number of hydrogen-bond acceptors (Lipinski definition) is 3. The number of carbonyl (C=O) groups is 2. The van der Waals surface area contributed by atoms with E-state index in [0.717, 1.165) is 0 Å². The molecule has 0 unspecified atom stereocenters. The van der Waals surface area contributed by atoms with E-state index in [1.807, 2.05) is 13.8 Å². The van der Waals surface area contributed by atoms with Gasteiger partial charge in [-0.3, -0.25) is 9.59 Å². The highest BCUT2D eigenvalue weighted by Crippen LogP contribution is 2.19. The van der Waals surface area contributed by atoms with E-state index in [1.54, 1.807) is 13.0 Å². The van der Waals surface area contributed by atoms with E-state index in [1.165, 1.54) is 11.1 Å². The standard InChI is InChI=1S/C13H17BrClN3O2/c1-4-18(7-11(19)17-8(2)3)13(20)10-5-9(14)6-16-12(10)15/h5-6,8H,4,7H2,1-3H3,(H,17,19). The second-order valence-corrected chi connectivity index (χ2v) is 5.81. The Morgan fingerprint density at radius 1 is 1.50 bits per heavy atom. The molecule has 20 heavy (non-hydrogen) atoms. The molecule has 1 rings (SSSR count). The number of likely N-dealkylation sites (N-methyl/N-ethyl adjacent to an activating group) is 1. The van der Waals surface area contributed by atoms with Crippen molar-refractivity contribution in [3.63, 3.8) is 0 Å². The van der Waals surface area contributed by atoms with Gasteiger partial charge in [0.1, 0.15) is 5.15 Å². The van der Waals surface area contributed by atoms with Crippen molar-refractivity contribution in [2.45, 2.75) is 26.8 Å². The maximum Gasteiger partial charge on any atom is 0.257 e. The molecule has 2 amide bonds. The van der Waals surface area contributed by atoms with E-state index in [2.05, 4.69) is 26.2 Å². The van der Waals surface area contributed by atoms with Gasteiger partial charge in [0.2, 0.25) is 5.91 Å². The van der Waals surface area contributed by atoms with Crippen LogP contribution in [0.25, 0.3) is 0 Å². The molecule has 1 heterocycles. The van der Waals surface area contributed by atoms with Gasteiger partial charge >= 0.3 is 0 Å². The molecule has 0 aliphatic carbocycles. The number of halogens is 2. The molecule has 1 N–H and O–H groups in total. The van der Waals surface area contributed by atoms with Gasteiger partial charge in [0.25, 0.3) is 5.91 Å². The molecular weight excluding hydrogens is 346 g/mol. The molecule has 0 saturated heterocycles. The second-order valence-electron chi connectivity index (χ2n) is 4.53. The number of carbonyl (C=O) groups excluding carboxylic acids is 2. The van der Waals surface area contributed by atoms with Crippen molar-refractivity contribution in [2.24, 2.45) is 0 Å². The summed E-state index contributed by atoms with van der Waals surface area (Å²) in [7, 11) is 0. The molecule has 0 atom stereocenters. The van der Waals surface area contributed by atoms with E-state index >= 15 is 0 Å². The SMILES string of the molecule is CCN(CC(=O)NC(C)C)C(=O)c1cc(Br)cnc1Cl. The molecule has 0 spiro atoms. The van der Waals surface area contributed by atoms with Crippen LogP contribution in [0.5, 0.6) is 0 Å². The lowest BCUT2D eigenvalue weighted by molar-refractivity contribution is -0.122. The van der Waals surface area contributed by atoms with Crippen LogP contribution in [0.15, 0.2) is 16.7 Å². The first-order chi connectivity index (χ1) is 9.35. The number of aromatic nitrogens is 1. The van der Waals surface area contributed by atoms with Crippen molar-refractivity contribution in [2.75, 3.05) is 13.1 Å². The van der Waals surface area contributed by atoms with Crippen LogP contribution in [-0.4, -0.2) is 40.8 Å². The number of hydrogen-bond donors (Lipinski definition) is 1. The highest BCUT2D eigenvalue weighted by molar-refractivity contribution is 9.10. The fourth-order valence-electron chi connectivity index (χ4n) is 1.61. The lowest BCUT2D eigenvalue weighted by Gasteiger charge is -2.21. The quantitative estimate of drug-likeness (QED) is 0.819. The van der Waals surface area contributed by atoms with Crippen LogP contribution in [0.2, 0.25) is 5.15 Å². The van der Waals surface area contributed by atoms with E-state index in [9.17, 15) is 9.59 Å². The molecule has 0 aromatic carbocycles. The van der Waals surface area contributed by atoms with Crippen LogP contribution in [0, 0.1) is 0 Å². The highest BCUT2D eigenvalue weighted by Gasteiger charge is 2.20. The third kappa shape index (κ3) is 4.76. The molecule has 1 aromatic heterocycles. The Kier molecular flexibility index (Phi) is 6.42. The lowest BCUT2D eigenvalue weighted by atomic mass is 10.2. The smallest absolute Gasteiger partial charge is 0.257 e.